The predicted molar refractivity (Wildman–Crippen MR) is 49.2 cm³/mol. The van der Waals surface area contributed by atoms with E-state index in [-0.39, 0.29) is 6.04 Å². The van der Waals surface area contributed by atoms with E-state index in [0.717, 1.165) is 25.7 Å². The first-order valence-corrected chi connectivity index (χ1v) is 5.03. The van der Waals surface area contributed by atoms with E-state index < -0.39 is 11.4 Å². The zero-order chi connectivity index (χ0) is 9.64. The fourth-order valence-electron chi connectivity index (χ4n) is 3.07. The van der Waals surface area contributed by atoms with E-state index >= 15 is 0 Å². The number of fused-ring (bicyclic) bond motifs is 3. The molecule has 3 N–H and O–H groups in total. The van der Waals surface area contributed by atoms with Crippen LogP contribution >= 0.6 is 0 Å². The third-order valence-corrected chi connectivity index (χ3v) is 4.12. The topological polar surface area (TPSA) is 63.3 Å². The average molecular weight is 183 g/mol. The van der Waals surface area contributed by atoms with E-state index in [1.54, 1.807) is 0 Å². The molecule has 0 aliphatic heterocycles. The van der Waals surface area contributed by atoms with E-state index in [2.05, 4.69) is 0 Å². The number of nitrogens with two attached hydrogens (primary N) is 1. The van der Waals surface area contributed by atoms with E-state index in [9.17, 15) is 4.79 Å². The van der Waals surface area contributed by atoms with Crippen LogP contribution in [-0.2, 0) is 4.79 Å². The van der Waals surface area contributed by atoms with Gasteiger partial charge in [-0.15, -0.1) is 0 Å². The van der Waals surface area contributed by atoms with Crippen molar-refractivity contribution in [3.63, 3.8) is 0 Å². The summed E-state index contributed by atoms with van der Waals surface area (Å²) in [5.41, 5.74) is 5.46. The van der Waals surface area contributed by atoms with E-state index in [0.29, 0.717) is 11.8 Å². The number of hydrogen-bond acceptors (Lipinski definition) is 2. The zero-order valence-corrected chi connectivity index (χ0v) is 7.99. The minimum Gasteiger partial charge on any atom is -0.481 e. The van der Waals surface area contributed by atoms with Gasteiger partial charge in [0.15, 0.2) is 0 Å². The van der Waals surface area contributed by atoms with Gasteiger partial charge in [-0.3, -0.25) is 4.79 Å². The van der Waals surface area contributed by atoms with Crippen molar-refractivity contribution in [3.05, 3.63) is 0 Å². The minimum absolute atomic E-state index is 0.256. The molecule has 0 heterocycles. The summed E-state index contributed by atoms with van der Waals surface area (Å²) < 4.78 is 0. The summed E-state index contributed by atoms with van der Waals surface area (Å²) >= 11 is 0. The molecule has 3 fully saturated rings. The Hall–Kier alpha value is -0.570. The van der Waals surface area contributed by atoms with E-state index in [4.69, 9.17) is 10.8 Å². The summed E-state index contributed by atoms with van der Waals surface area (Å²) in [7, 11) is 0. The second-order valence-electron chi connectivity index (χ2n) is 4.86. The molecule has 4 atom stereocenters. The second kappa shape index (κ2) is 2.71. The monoisotopic (exact) mass is 183 g/mol. The molecule has 0 amide bonds. The minimum atomic E-state index is -0.630. The molecular formula is C10H17NO2. The normalized spacial score (nSPS) is 49.2. The highest BCUT2D eigenvalue weighted by Gasteiger charge is 2.51. The molecule has 2 bridgehead atoms. The highest BCUT2D eigenvalue weighted by molar-refractivity contribution is 5.75. The Balaban J connectivity index is 2.23. The molecule has 0 spiro atoms. The van der Waals surface area contributed by atoms with Crippen LogP contribution < -0.4 is 5.73 Å². The van der Waals surface area contributed by atoms with Gasteiger partial charge in [0.1, 0.15) is 0 Å². The van der Waals surface area contributed by atoms with Gasteiger partial charge in [-0.05, 0) is 44.4 Å². The van der Waals surface area contributed by atoms with Crippen molar-refractivity contribution in [1.82, 2.24) is 0 Å². The molecule has 3 aliphatic rings. The van der Waals surface area contributed by atoms with E-state index in [1.807, 2.05) is 6.92 Å². The van der Waals surface area contributed by atoms with Crippen LogP contribution in [0, 0.1) is 17.3 Å². The first-order valence-electron chi connectivity index (χ1n) is 5.03. The second-order valence-corrected chi connectivity index (χ2v) is 4.86. The summed E-state index contributed by atoms with van der Waals surface area (Å²) in [6.07, 6.45) is 3.89. The van der Waals surface area contributed by atoms with Crippen LogP contribution in [0.3, 0.4) is 0 Å². The lowest BCUT2D eigenvalue weighted by Crippen LogP contribution is -2.53. The highest BCUT2D eigenvalue weighted by Crippen LogP contribution is 2.51. The third kappa shape index (κ3) is 1.17. The smallest absolute Gasteiger partial charge is 0.309 e. The molecular weight excluding hydrogens is 166 g/mol. The molecule has 0 aromatic heterocycles. The number of hydrogen-bond donors (Lipinski definition) is 2. The Labute approximate surface area is 78.3 Å². The van der Waals surface area contributed by atoms with Gasteiger partial charge < -0.3 is 10.8 Å². The Morgan fingerprint density at radius 3 is 2.62 bits per heavy atom. The molecule has 3 nitrogen and oxygen atoms in total. The zero-order valence-electron chi connectivity index (χ0n) is 7.99. The molecule has 3 heteroatoms. The highest BCUT2D eigenvalue weighted by atomic mass is 16.4. The number of carbonyl (C=O) groups is 1. The Bertz CT molecular complexity index is 241. The van der Waals surface area contributed by atoms with Crippen molar-refractivity contribution in [3.8, 4) is 0 Å². The standard InChI is InChI=1S/C10H17NO2/c1-10(9(12)13)5-6-2-3-7(10)4-8(6)11/h6-8H,2-5,11H2,1H3,(H,12,13)/t6-,7-,8-,10-/m1/s1. The number of carboxylic acids is 1. The molecule has 74 valence electrons. The maximum absolute atomic E-state index is 11.1. The molecule has 0 saturated heterocycles. The fourth-order valence-corrected chi connectivity index (χ4v) is 3.07. The Kier molecular flexibility index (Phi) is 1.88. The Morgan fingerprint density at radius 2 is 2.23 bits per heavy atom. The molecule has 0 unspecified atom stereocenters. The SMILES string of the molecule is C[C@@]1(C(=O)O)C[C@H]2CC[C@@H]1C[C@H]2N. The van der Waals surface area contributed by atoms with Gasteiger partial charge in [-0.1, -0.05) is 0 Å². The van der Waals surface area contributed by atoms with Crippen LogP contribution in [0.25, 0.3) is 0 Å². The summed E-state index contributed by atoms with van der Waals surface area (Å²) in [4.78, 5) is 11.1. The van der Waals surface area contributed by atoms with Crippen LogP contribution in [0.2, 0.25) is 0 Å². The summed E-state index contributed by atoms with van der Waals surface area (Å²) in [5.74, 6) is 0.130. The largest absolute Gasteiger partial charge is 0.481 e. The van der Waals surface area contributed by atoms with Crippen LogP contribution in [0.5, 0.6) is 0 Å². The van der Waals surface area contributed by atoms with Gasteiger partial charge >= 0.3 is 5.97 Å². The number of aliphatic carboxylic acids is 1. The fraction of sp³-hybridized carbons (Fsp3) is 0.900. The van der Waals surface area contributed by atoms with Crippen molar-refractivity contribution in [2.45, 2.75) is 38.6 Å². The van der Waals surface area contributed by atoms with E-state index in [1.165, 1.54) is 0 Å². The van der Waals surface area contributed by atoms with Gasteiger partial charge in [0.25, 0.3) is 0 Å². The van der Waals surface area contributed by atoms with Gasteiger partial charge in [0.05, 0.1) is 5.41 Å². The van der Waals surface area contributed by atoms with Crippen molar-refractivity contribution < 1.29 is 9.90 Å². The lowest BCUT2D eigenvalue weighted by Gasteiger charge is -2.50. The molecule has 3 rings (SSSR count). The lowest BCUT2D eigenvalue weighted by atomic mass is 9.55. The van der Waals surface area contributed by atoms with Gasteiger partial charge in [0.2, 0.25) is 0 Å². The van der Waals surface area contributed by atoms with Gasteiger partial charge in [-0.25, -0.2) is 0 Å². The molecule has 0 radical (unpaired) electrons. The quantitative estimate of drug-likeness (QED) is 0.642. The maximum Gasteiger partial charge on any atom is 0.309 e. The van der Waals surface area contributed by atoms with Crippen molar-refractivity contribution >= 4 is 5.97 Å². The maximum atomic E-state index is 11.1. The average Bonchev–Trinajstić information content (AvgIpc) is 2.07. The van der Waals surface area contributed by atoms with Crippen LogP contribution in [0.4, 0.5) is 0 Å². The first kappa shape index (κ1) is 9.00. The van der Waals surface area contributed by atoms with Crippen LogP contribution in [0.1, 0.15) is 32.6 Å². The predicted octanol–water partition coefficient (Wildman–Crippen LogP) is 1.22. The van der Waals surface area contributed by atoms with Gasteiger partial charge in [-0.2, -0.15) is 0 Å². The van der Waals surface area contributed by atoms with Gasteiger partial charge in [0, 0.05) is 6.04 Å². The number of carboxylic acid groups (broad SMARTS) is 1. The third-order valence-electron chi connectivity index (χ3n) is 4.12. The van der Waals surface area contributed by atoms with Crippen molar-refractivity contribution in [1.29, 1.82) is 0 Å². The molecule has 0 aromatic carbocycles. The molecule has 0 aromatic rings. The van der Waals surface area contributed by atoms with Crippen molar-refractivity contribution in [2.75, 3.05) is 0 Å². The summed E-state index contributed by atoms with van der Waals surface area (Å²) in [5, 5.41) is 9.17. The lowest BCUT2D eigenvalue weighted by molar-refractivity contribution is -0.159. The summed E-state index contributed by atoms with van der Waals surface area (Å²) in [6, 6.07) is 0.256. The van der Waals surface area contributed by atoms with Crippen molar-refractivity contribution in [2.24, 2.45) is 23.0 Å². The molecule has 13 heavy (non-hydrogen) atoms. The summed E-state index contributed by atoms with van der Waals surface area (Å²) in [6.45, 7) is 1.89. The van der Waals surface area contributed by atoms with Crippen LogP contribution in [0.15, 0.2) is 0 Å². The van der Waals surface area contributed by atoms with Crippen LogP contribution in [-0.4, -0.2) is 17.1 Å². The number of rotatable bonds is 1. The Morgan fingerprint density at radius 1 is 1.54 bits per heavy atom. The first-order chi connectivity index (χ1) is 6.04. The molecule has 3 saturated carbocycles. The molecule has 3 aliphatic carbocycles.